The molecule has 37 heavy (non-hydrogen) atoms. The Morgan fingerprint density at radius 3 is 2.32 bits per heavy atom. The highest BCUT2D eigenvalue weighted by Crippen LogP contribution is 2.33. The first-order valence-electron chi connectivity index (χ1n) is 11.7. The number of aliphatic carboxylic acids is 1. The van der Waals surface area contributed by atoms with Crippen LogP contribution in [0, 0.1) is 11.6 Å². The van der Waals surface area contributed by atoms with Crippen molar-refractivity contribution in [2.75, 3.05) is 40.0 Å². The summed E-state index contributed by atoms with van der Waals surface area (Å²) in [6.45, 7) is 0.911. The summed E-state index contributed by atoms with van der Waals surface area (Å²) < 4.78 is 33.3. The normalized spacial score (nSPS) is 11.0. The number of carboxylic acid groups (broad SMARTS) is 1. The first-order chi connectivity index (χ1) is 17.7. The van der Waals surface area contributed by atoms with Crippen LogP contribution >= 0.6 is 11.8 Å². The van der Waals surface area contributed by atoms with E-state index in [0.29, 0.717) is 34.7 Å². The molecule has 0 saturated heterocycles. The number of benzene rings is 3. The van der Waals surface area contributed by atoms with Gasteiger partial charge in [0, 0.05) is 17.0 Å². The molecule has 0 heterocycles. The number of hydrogen-bond acceptors (Lipinski definition) is 5. The van der Waals surface area contributed by atoms with Gasteiger partial charge in [-0.15, -0.1) is 11.8 Å². The van der Waals surface area contributed by atoms with Crippen LogP contribution in [0.15, 0.2) is 65.6 Å². The minimum atomic E-state index is -1.06. The number of nitrogens with zero attached hydrogens (tertiary/aromatic N) is 2. The predicted octanol–water partition coefficient (Wildman–Crippen LogP) is 5.41. The van der Waals surface area contributed by atoms with Crippen LogP contribution in [0.25, 0.3) is 11.1 Å². The van der Waals surface area contributed by atoms with E-state index in [2.05, 4.69) is 0 Å². The van der Waals surface area contributed by atoms with E-state index in [1.54, 1.807) is 48.7 Å². The Kier molecular flexibility index (Phi) is 10.0. The molecule has 0 bridgehead atoms. The van der Waals surface area contributed by atoms with Crippen LogP contribution in [0.3, 0.4) is 0 Å². The molecule has 0 aliphatic rings. The molecule has 1 amide bonds. The summed E-state index contributed by atoms with van der Waals surface area (Å²) in [6.07, 6.45) is 2.46. The second kappa shape index (κ2) is 13.2. The second-order valence-corrected chi connectivity index (χ2v) is 9.61. The molecule has 0 atom stereocenters. The fourth-order valence-electron chi connectivity index (χ4n) is 3.79. The highest BCUT2D eigenvalue weighted by Gasteiger charge is 2.19. The zero-order valence-corrected chi connectivity index (χ0v) is 21.9. The van der Waals surface area contributed by atoms with Gasteiger partial charge in [-0.25, -0.2) is 8.78 Å². The standard InChI is InChI=1S/C28H30F2N2O4S/c1-31(2)12-5-13-32(17-27(33)34)28(35)21-7-4-6-19(14-21)18-36-22-10-8-20(9-11-22)23-15-24(29)25(30)16-26(23)37-3/h4,6-11,14-16H,5,12-13,17-18H2,1-3H3,(H,33,34). The van der Waals surface area contributed by atoms with Gasteiger partial charge in [0.15, 0.2) is 11.6 Å². The van der Waals surface area contributed by atoms with Gasteiger partial charge in [0.25, 0.3) is 5.91 Å². The Bertz CT molecular complexity index is 1240. The summed E-state index contributed by atoms with van der Waals surface area (Å²) in [5, 5.41) is 9.24. The topological polar surface area (TPSA) is 70.1 Å². The van der Waals surface area contributed by atoms with E-state index >= 15 is 0 Å². The van der Waals surface area contributed by atoms with E-state index in [1.807, 2.05) is 25.1 Å². The van der Waals surface area contributed by atoms with Crippen molar-refractivity contribution in [3.8, 4) is 16.9 Å². The van der Waals surface area contributed by atoms with Crippen LogP contribution in [-0.2, 0) is 11.4 Å². The van der Waals surface area contributed by atoms with Gasteiger partial charge in [-0.05, 0) is 86.4 Å². The molecule has 6 nitrogen and oxygen atoms in total. The lowest BCUT2D eigenvalue weighted by atomic mass is 10.1. The van der Waals surface area contributed by atoms with E-state index < -0.39 is 17.6 Å². The number of hydrogen-bond donors (Lipinski definition) is 1. The molecular weight excluding hydrogens is 498 g/mol. The number of carbonyl (C=O) groups is 2. The molecule has 3 rings (SSSR count). The lowest BCUT2D eigenvalue weighted by Crippen LogP contribution is -2.37. The quantitative estimate of drug-likeness (QED) is 0.317. The van der Waals surface area contributed by atoms with Crippen LogP contribution in [0.5, 0.6) is 5.75 Å². The molecule has 0 fully saturated rings. The Balaban J connectivity index is 1.68. The third-order valence-electron chi connectivity index (χ3n) is 5.63. The van der Waals surface area contributed by atoms with Crippen LogP contribution in [0.2, 0.25) is 0 Å². The lowest BCUT2D eigenvalue weighted by Gasteiger charge is -2.22. The monoisotopic (exact) mass is 528 g/mol. The van der Waals surface area contributed by atoms with Crippen LogP contribution in [-0.4, -0.2) is 66.8 Å². The van der Waals surface area contributed by atoms with Crippen LogP contribution in [0.1, 0.15) is 22.3 Å². The number of thioether (sulfide) groups is 1. The summed E-state index contributed by atoms with van der Waals surface area (Å²) in [4.78, 5) is 28.2. The van der Waals surface area contributed by atoms with Crippen molar-refractivity contribution in [1.29, 1.82) is 0 Å². The number of ether oxygens (including phenoxy) is 1. The van der Waals surface area contributed by atoms with Crippen molar-refractivity contribution in [2.24, 2.45) is 0 Å². The molecule has 0 aromatic heterocycles. The molecule has 0 saturated carbocycles. The molecule has 0 radical (unpaired) electrons. The molecule has 1 N–H and O–H groups in total. The smallest absolute Gasteiger partial charge is 0.323 e. The van der Waals surface area contributed by atoms with E-state index in [4.69, 9.17) is 4.74 Å². The van der Waals surface area contributed by atoms with Crippen LogP contribution < -0.4 is 4.74 Å². The van der Waals surface area contributed by atoms with Crippen molar-refractivity contribution >= 4 is 23.6 Å². The summed E-state index contributed by atoms with van der Waals surface area (Å²) in [6, 6.07) is 16.3. The maximum Gasteiger partial charge on any atom is 0.323 e. The van der Waals surface area contributed by atoms with Gasteiger partial charge in [0.1, 0.15) is 18.9 Å². The highest BCUT2D eigenvalue weighted by atomic mass is 32.2. The summed E-state index contributed by atoms with van der Waals surface area (Å²) in [5.41, 5.74) is 2.48. The van der Waals surface area contributed by atoms with Crippen molar-refractivity contribution in [3.05, 3.63) is 83.4 Å². The molecule has 196 valence electrons. The molecule has 0 aliphatic heterocycles. The second-order valence-electron chi connectivity index (χ2n) is 8.76. The van der Waals surface area contributed by atoms with Crippen molar-refractivity contribution in [1.82, 2.24) is 9.80 Å². The average Bonchev–Trinajstić information content (AvgIpc) is 2.88. The van der Waals surface area contributed by atoms with Gasteiger partial charge in [-0.1, -0.05) is 24.3 Å². The number of carboxylic acids is 1. The van der Waals surface area contributed by atoms with Crippen molar-refractivity contribution in [3.63, 3.8) is 0 Å². The third-order valence-corrected chi connectivity index (χ3v) is 6.41. The fraction of sp³-hybridized carbons (Fsp3) is 0.286. The minimum Gasteiger partial charge on any atom is -0.489 e. The minimum absolute atomic E-state index is 0.196. The van der Waals surface area contributed by atoms with E-state index in [-0.39, 0.29) is 19.1 Å². The van der Waals surface area contributed by atoms with E-state index in [0.717, 1.165) is 17.7 Å². The Morgan fingerprint density at radius 2 is 1.68 bits per heavy atom. The summed E-state index contributed by atoms with van der Waals surface area (Å²) >= 11 is 1.34. The number of rotatable bonds is 12. The Morgan fingerprint density at radius 1 is 0.973 bits per heavy atom. The molecule has 3 aromatic carbocycles. The number of amides is 1. The van der Waals surface area contributed by atoms with Crippen molar-refractivity contribution < 1.29 is 28.2 Å². The van der Waals surface area contributed by atoms with Gasteiger partial charge in [0.2, 0.25) is 0 Å². The highest BCUT2D eigenvalue weighted by molar-refractivity contribution is 7.98. The molecule has 0 aliphatic carbocycles. The summed E-state index contributed by atoms with van der Waals surface area (Å²) in [7, 11) is 3.84. The fourth-order valence-corrected chi connectivity index (χ4v) is 4.41. The van der Waals surface area contributed by atoms with Gasteiger partial charge in [-0.2, -0.15) is 0 Å². The zero-order valence-electron chi connectivity index (χ0n) is 21.0. The molecular formula is C28H30F2N2O4S. The van der Waals surface area contributed by atoms with Gasteiger partial charge in [-0.3, -0.25) is 9.59 Å². The third kappa shape index (κ3) is 8.03. The van der Waals surface area contributed by atoms with E-state index in [9.17, 15) is 23.5 Å². The molecule has 0 unspecified atom stereocenters. The largest absolute Gasteiger partial charge is 0.489 e. The molecule has 0 spiro atoms. The molecule has 9 heteroatoms. The first-order valence-corrected chi connectivity index (χ1v) is 12.9. The van der Waals surface area contributed by atoms with Gasteiger partial charge < -0.3 is 19.6 Å². The first kappa shape index (κ1) is 28.1. The number of halogens is 2. The SMILES string of the molecule is CSc1cc(F)c(F)cc1-c1ccc(OCc2cccc(C(=O)N(CCCN(C)C)CC(=O)O)c2)cc1. The maximum absolute atomic E-state index is 13.8. The van der Waals surface area contributed by atoms with Gasteiger partial charge in [0.05, 0.1) is 0 Å². The van der Waals surface area contributed by atoms with Crippen LogP contribution in [0.4, 0.5) is 8.78 Å². The maximum atomic E-state index is 13.8. The summed E-state index contributed by atoms with van der Waals surface area (Å²) in [5.74, 6) is -2.61. The average molecular weight is 529 g/mol. The number of carbonyl (C=O) groups excluding carboxylic acids is 1. The zero-order chi connectivity index (χ0) is 26.9. The lowest BCUT2D eigenvalue weighted by molar-refractivity contribution is -0.137. The van der Waals surface area contributed by atoms with Gasteiger partial charge >= 0.3 is 5.97 Å². The van der Waals surface area contributed by atoms with E-state index in [1.165, 1.54) is 28.8 Å². The van der Waals surface area contributed by atoms with Crippen molar-refractivity contribution in [2.45, 2.75) is 17.9 Å². The predicted molar refractivity (Wildman–Crippen MR) is 141 cm³/mol. The Hall–Kier alpha value is -3.43. The Labute approximate surface area is 219 Å². The molecule has 3 aromatic rings.